The summed E-state index contributed by atoms with van der Waals surface area (Å²) in [6, 6.07) is 5.91. The Morgan fingerprint density at radius 2 is 2.27 bits per heavy atom. The molecule has 1 saturated carbocycles. The van der Waals surface area contributed by atoms with Crippen molar-refractivity contribution >= 4 is 21.8 Å². The molecule has 0 spiro atoms. The van der Waals surface area contributed by atoms with Crippen LogP contribution in [0.4, 0.5) is 0 Å². The predicted octanol–water partition coefficient (Wildman–Crippen LogP) is 3.77. The molecule has 1 aliphatic carbocycles. The Morgan fingerprint density at radius 3 is 3.05 bits per heavy atom. The van der Waals surface area contributed by atoms with Gasteiger partial charge in [0.15, 0.2) is 5.72 Å². The van der Waals surface area contributed by atoms with Gasteiger partial charge in [0, 0.05) is 28.3 Å². The fourth-order valence-corrected chi connectivity index (χ4v) is 4.71. The molecule has 2 N–H and O–H groups in total. The third kappa shape index (κ3) is 1.84. The second-order valence-electron chi connectivity index (χ2n) is 6.46. The van der Waals surface area contributed by atoms with E-state index in [9.17, 15) is 9.90 Å². The highest BCUT2D eigenvalue weighted by Crippen LogP contribution is 2.56. The summed E-state index contributed by atoms with van der Waals surface area (Å²) in [5.74, 6) is 0.798. The topological polar surface area (TPSA) is 58.6 Å². The normalized spacial score (nSPS) is 34.9. The number of aliphatic hydroxyl groups is 1. The standard InChI is InChI=1S/C17H18BrNO3/c1-9(20)14-15-11-8-10(18)5-6-13(11)22-17(19-16(14)21)7-3-2-4-12(15)17/h5-6,8,12,15,20H,2-4,7H2,1H3,(H,19,21)/b14-9+/t12-,15-,17-/m1/s1. The van der Waals surface area contributed by atoms with Crippen molar-refractivity contribution < 1.29 is 14.6 Å². The van der Waals surface area contributed by atoms with E-state index in [2.05, 4.69) is 21.2 Å². The molecule has 1 amide bonds. The van der Waals surface area contributed by atoms with Crippen LogP contribution in [0.5, 0.6) is 5.75 Å². The molecule has 2 heterocycles. The molecule has 1 aromatic carbocycles. The summed E-state index contributed by atoms with van der Waals surface area (Å²) in [5, 5.41) is 13.2. The smallest absolute Gasteiger partial charge is 0.254 e. The van der Waals surface area contributed by atoms with Crippen LogP contribution in [0.2, 0.25) is 0 Å². The van der Waals surface area contributed by atoms with Crippen LogP contribution in [0.15, 0.2) is 34.0 Å². The average molecular weight is 364 g/mol. The third-order valence-corrected chi connectivity index (χ3v) is 5.68. The average Bonchev–Trinajstić information content (AvgIpc) is 2.46. The fraction of sp³-hybridized carbons (Fsp3) is 0.471. The molecule has 0 aromatic heterocycles. The van der Waals surface area contributed by atoms with E-state index < -0.39 is 5.72 Å². The van der Waals surface area contributed by atoms with Crippen LogP contribution in [-0.2, 0) is 4.79 Å². The highest BCUT2D eigenvalue weighted by atomic mass is 79.9. The van der Waals surface area contributed by atoms with Crippen LogP contribution >= 0.6 is 15.9 Å². The Hall–Kier alpha value is -1.49. The maximum Gasteiger partial charge on any atom is 0.254 e. The monoisotopic (exact) mass is 363 g/mol. The van der Waals surface area contributed by atoms with Crippen molar-refractivity contribution in [2.24, 2.45) is 5.92 Å². The summed E-state index contributed by atoms with van der Waals surface area (Å²) in [6.07, 6.45) is 4.00. The van der Waals surface area contributed by atoms with Crippen LogP contribution in [0.3, 0.4) is 0 Å². The van der Waals surface area contributed by atoms with Gasteiger partial charge in [0.25, 0.3) is 5.91 Å². The first kappa shape index (κ1) is 14.1. The molecule has 3 aliphatic rings. The number of piperidine rings is 1. The molecule has 4 nitrogen and oxygen atoms in total. The number of ether oxygens (including phenoxy) is 1. The Morgan fingerprint density at radius 1 is 1.45 bits per heavy atom. The largest absolute Gasteiger partial charge is 0.512 e. The number of rotatable bonds is 0. The number of carbonyl (C=O) groups is 1. The second kappa shape index (κ2) is 4.75. The molecular weight excluding hydrogens is 346 g/mol. The highest BCUT2D eigenvalue weighted by Gasteiger charge is 2.57. The van der Waals surface area contributed by atoms with E-state index >= 15 is 0 Å². The molecule has 4 rings (SSSR count). The lowest BCUT2D eigenvalue weighted by molar-refractivity contribution is -0.140. The summed E-state index contributed by atoms with van der Waals surface area (Å²) in [7, 11) is 0. The second-order valence-corrected chi connectivity index (χ2v) is 7.37. The SMILES string of the molecule is C/C(O)=C1\C(=O)N[C@@]23CCCC[C@@H]2[C@H]1c1cc(Br)ccc1O3. The number of carbonyl (C=O) groups excluding carboxylic acids is 1. The lowest BCUT2D eigenvalue weighted by Crippen LogP contribution is -2.66. The van der Waals surface area contributed by atoms with Crippen molar-refractivity contribution in [2.45, 2.75) is 44.2 Å². The molecule has 0 radical (unpaired) electrons. The molecule has 3 atom stereocenters. The number of halogens is 1. The number of nitrogens with one attached hydrogen (secondary N) is 1. The van der Waals surface area contributed by atoms with E-state index in [1.54, 1.807) is 6.92 Å². The van der Waals surface area contributed by atoms with Gasteiger partial charge in [-0.1, -0.05) is 22.4 Å². The molecule has 1 aromatic rings. The summed E-state index contributed by atoms with van der Waals surface area (Å²) in [4.78, 5) is 12.6. The van der Waals surface area contributed by atoms with E-state index in [0.717, 1.165) is 41.5 Å². The lowest BCUT2D eigenvalue weighted by atomic mass is 9.64. The van der Waals surface area contributed by atoms with Gasteiger partial charge in [-0.3, -0.25) is 4.79 Å². The zero-order valence-corrected chi connectivity index (χ0v) is 13.9. The molecule has 2 bridgehead atoms. The van der Waals surface area contributed by atoms with Crippen LogP contribution in [-0.4, -0.2) is 16.7 Å². The summed E-state index contributed by atoms with van der Waals surface area (Å²) in [6.45, 7) is 1.60. The number of benzene rings is 1. The van der Waals surface area contributed by atoms with Gasteiger partial charge in [-0.15, -0.1) is 0 Å². The van der Waals surface area contributed by atoms with Crippen LogP contribution in [0.25, 0.3) is 0 Å². The van der Waals surface area contributed by atoms with Gasteiger partial charge in [0.1, 0.15) is 5.75 Å². The number of hydrogen-bond acceptors (Lipinski definition) is 3. The fourth-order valence-electron chi connectivity index (χ4n) is 4.33. The molecule has 22 heavy (non-hydrogen) atoms. The van der Waals surface area contributed by atoms with Crippen molar-refractivity contribution in [3.05, 3.63) is 39.6 Å². The number of fused-ring (bicyclic) bond motifs is 2. The first-order valence-electron chi connectivity index (χ1n) is 7.72. The lowest BCUT2D eigenvalue weighted by Gasteiger charge is -2.54. The maximum absolute atomic E-state index is 12.6. The molecular formula is C17H18BrNO3. The predicted molar refractivity (Wildman–Crippen MR) is 85.7 cm³/mol. The quantitative estimate of drug-likeness (QED) is 0.544. The molecule has 5 heteroatoms. The van der Waals surface area contributed by atoms with Crippen molar-refractivity contribution in [3.8, 4) is 5.75 Å². The molecule has 2 aliphatic heterocycles. The zero-order valence-electron chi connectivity index (χ0n) is 12.4. The maximum atomic E-state index is 12.6. The Balaban J connectivity index is 1.97. The van der Waals surface area contributed by atoms with E-state index in [1.165, 1.54) is 0 Å². The Bertz CT molecular complexity index is 695. The van der Waals surface area contributed by atoms with Gasteiger partial charge >= 0.3 is 0 Å². The molecule has 1 saturated heterocycles. The van der Waals surface area contributed by atoms with E-state index in [-0.39, 0.29) is 23.5 Å². The van der Waals surface area contributed by atoms with Crippen molar-refractivity contribution in [1.29, 1.82) is 0 Å². The van der Waals surface area contributed by atoms with Crippen LogP contribution in [0, 0.1) is 5.92 Å². The number of hydrogen-bond donors (Lipinski definition) is 2. The minimum atomic E-state index is -0.611. The number of aliphatic hydroxyl groups excluding tert-OH is 1. The molecule has 0 unspecified atom stereocenters. The molecule has 2 fully saturated rings. The van der Waals surface area contributed by atoms with Gasteiger partial charge in [0.05, 0.1) is 11.3 Å². The van der Waals surface area contributed by atoms with E-state index in [1.807, 2.05) is 18.2 Å². The van der Waals surface area contributed by atoms with E-state index in [4.69, 9.17) is 4.74 Å². The van der Waals surface area contributed by atoms with Gasteiger partial charge in [-0.25, -0.2) is 0 Å². The Kier molecular flexibility index (Phi) is 3.05. The van der Waals surface area contributed by atoms with Gasteiger partial charge < -0.3 is 15.2 Å². The van der Waals surface area contributed by atoms with Crippen molar-refractivity contribution in [3.63, 3.8) is 0 Å². The Labute approximate surface area is 137 Å². The third-order valence-electron chi connectivity index (χ3n) is 5.18. The minimum Gasteiger partial charge on any atom is -0.512 e. The van der Waals surface area contributed by atoms with Gasteiger partial charge in [-0.2, -0.15) is 0 Å². The summed E-state index contributed by atoms with van der Waals surface area (Å²) in [5.41, 5.74) is 0.875. The van der Waals surface area contributed by atoms with Crippen molar-refractivity contribution in [2.75, 3.05) is 0 Å². The zero-order chi connectivity index (χ0) is 15.5. The first-order valence-corrected chi connectivity index (χ1v) is 8.52. The summed E-state index contributed by atoms with van der Waals surface area (Å²) < 4.78 is 7.25. The van der Waals surface area contributed by atoms with Gasteiger partial charge in [0.2, 0.25) is 0 Å². The van der Waals surface area contributed by atoms with E-state index in [0.29, 0.717) is 5.57 Å². The first-order chi connectivity index (χ1) is 10.5. The highest BCUT2D eigenvalue weighted by molar-refractivity contribution is 9.10. The number of allylic oxidation sites excluding steroid dienone is 1. The van der Waals surface area contributed by atoms with Crippen molar-refractivity contribution in [1.82, 2.24) is 5.32 Å². The summed E-state index contributed by atoms with van der Waals surface area (Å²) >= 11 is 3.50. The van der Waals surface area contributed by atoms with Gasteiger partial charge in [-0.05, 0) is 38.0 Å². The van der Waals surface area contributed by atoms with Crippen LogP contribution in [0.1, 0.15) is 44.1 Å². The number of amides is 1. The molecule has 116 valence electrons. The minimum absolute atomic E-state index is 0.0969. The van der Waals surface area contributed by atoms with Crippen LogP contribution < -0.4 is 10.1 Å².